The summed E-state index contributed by atoms with van der Waals surface area (Å²) in [6, 6.07) is 4.12. The van der Waals surface area contributed by atoms with Gasteiger partial charge in [-0.25, -0.2) is 0 Å². The van der Waals surface area contributed by atoms with Gasteiger partial charge in [0.15, 0.2) is 0 Å². The number of likely N-dealkylation sites (tertiary alicyclic amines) is 1. The zero-order chi connectivity index (χ0) is 14.8. The van der Waals surface area contributed by atoms with Gasteiger partial charge in [0.05, 0.1) is 18.3 Å². The quantitative estimate of drug-likeness (QED) is 0.904. The van der Waals surface area contributed by atoms with Crippen molar-refractivity contribution in [2.45, 2.75) is 26.0 Å². The summed E-state index contributed by atoms with van der Waals surface area (Å²) in [6.45, 7) is 7.99. The highest BCUT2D eigenvalue weighted by Crippen LogP contribution is 2.34. The standard InChI is InChI=1S/C16H23N3O2/c1-11(2)19-8-14-13(10-21-15(14)9-19)7-18-16(20)12-4-3-5-17-6-12/h3-6,11,13-15H,7-10H2,1-2H3,(H,18,20)/t13-,14-,15-/m1/s1. The van der Waals surface area contributed by atoms with Crippen molar-refractivity contribution in [3.8, 4) is 0 Å². The third-order valence-electron chi connectivity index (χ3n) is 4.65. The number of nitrogens with one attached hydrogen (secondary N) is 1. The topological polar surface area (TPSA) is 54.5 Å². The number of amides is 1. The predicted octanol–water partition coefficient (Wildman–Crippen LogP) is 1.17. The molecule has 0 saturated carbocycles. The Bertz CT molecular complexity index is 492. The van der Waals surface area contributed by atoms with Gasteiger partial charge in [0, 0.05) is 49.9 Å². The highest BCUT2D eigenvalue weighted by Gasteiger charge is 2.44. The fraction of sp³-hybridized carbons (Fsp3) is 0.625. The highest BCUT2D eigenvalue weighted by atomic mass is 16.5. The van der Waals surface area contributed by atoms with Gasteiger partial charge in [0.25, 0.3) is 5.91 Å². The summed E-state index contributed by atoms with van der Waals surface area (Å²) >= 11 is 0. The number of hydrogen-bond acceptors (Lipinski definition) is 4. The van der Waals surface area contributed by atoms with E-state index in [-0.39, 0.29) is 5.91 Å². The van der Waals surface area contributed by atoms with Crippen molar-refractivity contribution in [1.29, 1.82) is 0 Å². The first-order valence-corrected chi connectivity index (χ1v) is 7.69. The Morgan fingerprint density at radius 2 is 2.38 bits per heavy atom. The van der Waals surface area contributed by atoms with Crippen LogP contribution in [0.4, 0.5) is 0 Å². The van der Waals surface area contributed by atoms with Crippen molar-refractivity contribution in [1.82, 2.24) is 15.2 Å². The second-order valence-electron chi connectivity index (χ2n) is 6.30. The SMILES string of the molecule is CC(C)N1C[C@@H]2[C@H](CNC(=O)c3cccnc3)CO[C@@H]2C1. The average Bonchev–Trinajstić information content (AvgIpc) is 3.06. The van der Waals surface area contributed by atoms with Crippen molar-refractivity contribution < 1.29 is 9.53 Å². The van der Waals surface area contributed by atoms with E-state index in [0.29, 0.717) is 36.1 Å². The third kappa shape index (κ3) is 3.09. The second-order valence-corrected chi connectivity index (χ2v) is 6.30. The molecule has 5 heteroatoms. The minimum atomic E-state index is -0.0507. The van der Waals surface area contributed by atoms with Crippen molar-refractivity contribution in [2.75, 3.05) is 26.2 Å². The zero-order valence-electron chi connectivity index (χ0n) is 12.7. The van der Waals surface area contributed by atoms with Crippen LogP contribution in [0.3, 0.4) is 0 Å². The van der Waals surface area contributed by atoms with Gasteiger partial charge in [0.2, 0.25) is 0 Å². The number of pyridine rings is 1. The number of fused-ring (bicyclic) bond motifs is 1. The van der Waals surface area contributed by atoms with Crippen LogP contribution in [-0.4, -0.2) is 54.2 Å². The summed E-state index contributed by atoms with van der Waals surface area (Å²) < 4.78 is 5.90. The normalized spacial score (nSPS) is 28.8. The molecule has 0 radical (unpaired) electrons. The number of carbonyl (C=O) groups is 1. The van der Waals surface area contributed by atoms with Gasteiger partial charge in [-0.1, -0.05) is 0 Å². The van der Waals surface area contributed by atoms with E-state index in [1.807, 2.05) is 0 Å². The lowest BCUT2D eigenvalue weighted by atomic mass is 9.93. The molecule has 3 rings (SSSR count). The third-order valence-corrected chi connectivity index (χ3v) is 4.65. The van der Waals surface area contributed by atoms with Crippen LogP contribution in [0.5, 0.6) is 0 Å². The first-order valence-electron chi connectivity index (χ1n) is 7.69. The fourth-order valence-electron chi connectivity index (χ4n) is 3.28. The van der Waals surface area contributed by atoms with Gasteiger partial charge in [-0.2, -0.15) is 0 Å². The van der Waals surface area contributed by atoms with Gasteiger partial charge < -0.3 is 10.1 Å². The molecule has 5 nitrogen and oxygen atoms in total. The summed E-state index contributed by atoms with van der Waals surface area (Å²) in [5.74, 6) is 0.909. The molecule has 21 heavy (non-hydrogen) atoms. The summed E-state index contributed by atoms with van der Waals surface area (Å²) in [5.41, 5.74) is 0.614. The molecular formula is C16H23N3O2. The Labute approximate surface area is 125 Å². The van der Waals surface area contributed by atoms with Crippen LogP contribution in [0.2, 0.25) is 0 Å². The van der Waals surface area contributed by atoms with E-state index in [1.165, 1.54) is 0 Å². The Morgan fingerprint density at radius 1 is 1.52 bits per heavy atom. The van der Waals surface area contributed by atoms with Gasteiger partial charge in [0.1, 0.15) is 0 Å². The molecule has 1 amide bonds. The van der Waals surface area contributed by atoms with E-state index in [4.69, 9.17) is 4.74 Å². The summed E-state index contributed by atoms with van der Waals surface area (Å²) in [7, 11) is 0. The monoisotopic (exact) mass is 289 g/mol. The second kappa shape index (κ2) is 6.12. The number of nitrogens with zero attached hydrogens (tertiary/aromatic N) is 2. The maximum atomic E-state index is 12.1. The van der Waals surface area contributed by atoms with E-state index in [1.54, 1.807) is 24.5 Å². The zero-order valence-corrected chi connectivity index (χ0v) is 12.7. The van der Waals surface area contributed by atoms with Crippen LogP contribution in [-0.2, 0) is 4.74 Å². The average molecular weight is 289 g/mol. The Kier molecular flexibility index (Phi) is 4.22. The van der Waals surface area contributed by atoms with E-state index in [9.17, 15) is 4.79 Å². The largest absolute Gasteiger partial charge is 0.376 e. The lowest BCUT2D eigenvalue weighted by molar-refractivity contribution is 0.0876. The van der Waals surface area contributed by atoms with Crippen LogP contribution in [0.1, 0.15) is 24.2 Å². The molecule has 2 saturated heterocycles. The van der Waals surface area contributed by atoms with Crippen LogP contribution in [0.25, 0.3) is 0 Å². The Balaban J connectivity index is 1.53. The molecule has 2 aliphatic rings. The van der Waals surface area contributed by atoms with Crippen molar-refractivity contribution >= 4 is 5.91 Å². The van der Waals surface area contributed by atoms with Gasteiger partial charge in [-0.05, 0) is 26.0 Å². The Hall–Kier alpha value is -1.46. The van der Waals surface area contributed by atoms with Crippen molar-refractivity contribution in [3.05, 3.63) is 30.1 Å². The number of carbonyl (C=O) groups excluding carboxylic acids is 1. The minimum absolute atomic E-state index is 0.0507. The molecular weight excluding hydrogens is 266 g/mol. The molecule has 1 aromatic rings. The minimum Gasteiger partial charge on any atom is -0.376 e. The molecule has 0 spiro atoms. The van der Waals surface area contributed by atoms with Crippen molar-refractivity contribution in [3.63, 3.8) is 0 Å². The van der Waals surface area contributed by atoms with Gasteiger partial charge in [-0.3, -0.25) is 14.7 Å². The predicted molar refractivity (Wildman–Crippen MR) is 80.0 cm³/mol. The van der Waals surface area contributed by atoms with Crippen LogP contribution in [0, 0.1) is 11.8 Å². The molecule has 2 fully saturated rings. The fourth-order valence-corrected chi connectivity index (χ4v) is 3.28. The maximum absolute atomic E-state index is 12.1. The van der Waals surface area contributed by atoms with Crippen LogP contribution < -0.4 is 5.32 Å². The maximum Gasteiger partial charge on any atom is 0.252 e. The molecule has 0 aromatic carbocycles. The first-order chi connectivity index (χ1) is 10.1. The van der Waals surface area contributed by atoms with E-state index >= 15 is 0 Å². The number of ether oxygens (including phenoxy) is 1. The van der Waals surface area contributed by atoms with E-state index in [0.717, 1.165) is 19.7 Å². The molecule has 0 unspecified atom stereocenters. The van der Waals surface area contributed by atoms with E-state index < -0.39 is 0 Å². The van der Waals surface area contributed by atoms with Crippen LogP contribution >= 0.6 is 0 Å². The molecule has 0 aliphatic carbocycles. The summed E-state index contributed by atoms with van der Waals surface area (Å²) in [4.78, 5) is 18.5. The van der Waals surface area contributed by atoms with Gasteiger partial charge >= 0.3 is 0 Å². The number of aromatic nitrogens is 1. The number of rotatable bonds is 4. The van der Waals surface area contributed by atoms with E-state index in [2.05, 4.69) is 29.0 Å². The summed E-state index contributed by atoms with van der Waals surface area (Å²) in [5, 5.41) is 3.02. The highest BCUT2D eigenvalue weighted by molar-refractivity contribution is 5.93. The number of hydrogen-bond donors (Lipinski definition) is 1. The smallest absolute Gasteiger partial charge is 0.252 e. The lowest BCUT2D eigenvalue weighted by Gasteiger charge is -2.22. The molecule has 114 valence electrons. The molecule has 1 aromatic heterocycles. The molecule has 1 N–H and O–H groups in total. The van der Waals surface area contributed by atoms with Crippen molar-refractivity contribution in [2.24, 2.45) is 11.8 Å². The molecule has 3 atom stereocenters. The molecule has 3 heterocycles. The first kappa shape index (κ1) is 14.5. The summed E-state index contributed by atoms with van der Waals surface area (Å²) in [6.07, 6.45) is 3.61. The molecule has 0 bridgehead atoms. The molecule has 2 aliphatic heterocycles. The lowest BCUT2D eigenvalue weighted by Crippen LogP contribution is -2.35. The Morgan fingerprint density at radius 3 is 3.10 bits per heavy atom. The van der Waals surface area contributed by atoms with Gasteiger partial charge in [-0.15, -0.1) is 0 Å². The van der Waals surface area contributed by atoms with Crippen LogP contribution in [0.15, 0.2) is 24.5 Å².